The Labute approximate surface area is 192 Å². The van der Waals surface area contributed by atoms with Gasteiger partial charge in [-0.25, -0.2) is 0 Å². The van der Waals surface area contributed by atoms with Crippen molar-refractivity contribution in [2.45, 2.75) is 40.3 Å². The standard InChI is InChI=1S/C25H25ClN4O2/c1-4-11-30-17(2)12-20(18(30)3)13-21(14-27)25(32)28-22-9-10-24(31)29(16-22)15-19-7-5-6-8-23(19)26/h5-10,12-13,16H,4,11,15H2,1-3H3,(H,28,32)/b21-13-. The minimum atomic E-state index is -0.532. The van der Waals surface area contributed by atoms with Gasteiger partial charge in [0.15, 0.2) is 0 Å². The number of hydrogen-bond acceptors (Lipinski definition) is 3. The summed E-state index contributed by atoms with van der Waals surface area (Å²) in [5.41, 5.74) is 3.91. The molecule has 6 nitrogen and oxygen atoms in total. The Morgan fingerprint density at radius 1 is 1.22 bits per heavy atom. The third-order valence-electron chi connectivity index (χ3n) is 5.26. The minimum absolute atomic E-state index is 0.00870. The Morgan fingerprint density at radius 2 is 1.97 bits per heavy atom. The number of nitrogens with zero attached hydrogens (tertiary/aromatic N) is 3. The van der Waals surface area contributed by atoms with Crippen molar-refractivity contribution in [2.24, 2.45) is 0 Å². The predicted octanol–water partition coefficient (Wildman–Crippen LogP) is 4.92. The highest BCUT2D eigenvalue weighted by Gasteiger charge is 2.14. The quantitative estimate of drug-likeness (QED) is 0.411. The van der Waals surface area contributed by atoms with Crippen LogP contribution in [0.25, 0.3) is 6.08 Å². The molecule has 0 atom stereocenters. The van der Waals surface area contributed by atoms with Gasteiger partial charge in [0.25, 0.3) is 11.5 Å². The van der Waals surface area contributed by atoms with Crippen molar-refractivity contribution in [1.82, 2.24) is 9.13 Å². The Hall–Kier alpha value is -3.56. The fraction of sp³-hybridized carbons (Fsp3) is 0.240. The molecule has 0 aliphatic rings. The molecule has 0 saturated heterocycles. The van der Waals surface area contributed by atoms with Gasteiger partial charge in [-0.15, -0.1) is 0 Å². The molecule has 0 fully saturated rings. The molecule has 32 heavy (non-hydrogen) atoms. The van der Waals surface area contributed by atoms with Crippen LogP contribution in [-0.2, 0) is 17.9 Å². The number of amides is 1. The SMILES string of the molecule is CCCn1c(C)cc(/C=C(/C#N)C(=O)Nc2ccc(=O)n(Cc3ccccc3Cl)c2)c1C. The molecule has 1 amide bonds. The Morgan fingerprint density at radius 3 is 2.66 bits per heavy atom. The normalized spacial score (nSPS) is 11.3. The van der Waals surface area contributed by atoms with Crippen LogP contribution in [-0.4, -0.2) is 15.0 Å². The van der Waals surface area contributed by atoms with Crippen molar-refractivity contribution in [3.63, 3.8) is 0 Å². The molecule has 0 aliphatic heterocycles. The lowest BCUT2D eigenvalue weighted by Gasteiger charge is -2.10. The van der Waals surface area contributed by atoms with Crippen molar-refractivity contribution in [3.05, 3.63) is 92.1 Å². The Kier molecular flexibility index (Phi) is 7.34. The maximum Gasteiger partial charge on any atom is 0.266 e. The van der Waals surface area contributed by atoms with Crippen molar-refractivity contribution >= 4 is 29.3 Å². The number of pyridine rings is 1. The van der Waals surface area contributed by atoms with Gasteiger partial charge >= 0.3 is 0 Å². The van der Waals surface area contributed by atoms with Gasteiger partial charge in [0.05, 0.1) is 12.2 Å². The molecule has 0 unspecified atom stereocenters. The average molecular weight is 449 g/mol. The predicted molar refractivity (Wildman–Crippen MR) is 128 cm³/mol. The number of rotatable bonds is 7. The van der Waals surface area contributed by atoms with Crippen LogP contribution in [0.5, 0.6) is 0 Å². The van der Waals surface area contributed by atoms with E-state index in [9.17, 15) is 14.9 Å². The number of nitrogens with one attached hydrogen (secondary N) is 1. The van der Waals surface area contributed by atoms with Gasteiger partial charge in [-0.1, -0.05) is 36.7 Å². The second-order valence-corrected chi connectivity index (χ2v) is 7.98. The van der Waals surface area contributed by atoms with Crippen molar-refractivity contribution in [2.75, 3.05) is 5.32 Å². The van der Waals surface area contributed by atoms with Crippen LogP contribution in [0.15, 0.2) is 59.0 Å². The van der Waals surface area contributed by atoms with E-state index in [-0.39, 0.29) is 17.7 Å². The first-order valence-electron chi connectivity index (χ1n) is 10.4. The van der Waals surface area contributed by atoms with E-state index in [1.807, 2.05) is 44.2 Å². The largest absolute Gasteiger partial charge is 0.349 e. The lowest BCUT2D eigenvalue weighted by Crippen LogP contribution is -2.21. The van der Waals surface area contributed by atoms with Gasteiger partial charge in [-0.3, -0.25) is 9.59 Å². The maximum absolute atomic E-state index is 12.8. The highest BCUT2D eigenvalue weighted by Crippen LogP contribution is 2.20. The minimum Gasteiger partial charge on any atom is -0.349 e. The molecule has 1 aromatic carbocycles. The fourth-order valence-corrected chi connectivity index (χ4v) is 3.78. The average Bonchev–Trinajstić information content (AvgIpc) is 3.03. The number of aryl methyl sites for hydroxylation is 1. The molecule has 0 radical (unpaired) electrons. The molecule has 3 rings (SSSR count). The van der Waals surface area contributed by atoms with Gasteiger partial charge in [0.2, 0.25) is 0 Å². The topological polar surface area (TPSA) is 79.8 Å². The molecule has 0 aliphatic carbocycles. The van der Waals surface area contributed by atoms with E-state index >= 15 is 0 Å². The molecule has 7 heteroatoms. The summed E-state index contributed by atoms with van der Waals surface area (Å²) in [7, 11) is 0. The molecule has 0 saturated carbocycles. The van der Waals surface area contributed by atoms with Gasteiger partial charge in [0, 0.05) is 35.2 Å². The summed E-state index contributed by atoms with van der Waals surface area (Å²) >= 11 is 6.20. The van der Waals surface area contributed by atoms with Crippen LogP contribution < -0.4 is 10.9 Å². The second-order valence-electron chi connectivity index (χ2n) is 7.58. The highest BCUT2D eigenvalue weighted by molar-refractivity contribution is 6.31. The van der Waals surface area contributed by atoms with Crippen molar-refractivity contribution in [1.29, 1.82) is 5.26 Å². The molecule has 2 heterocycles. The zero-order chi connectivity index (χ0) is 23.3. The van der Waals surface area contributed by atoms with Crippen LogP contribution in [0, 0.1) is 25.2 Å². The number of halogens is 1. The summed E-state index contributed by atoms with van der Waals surface area (Å²) in [4.78, 5) is 25.0. The lowest BCUT2D eigenvalue weighted by atomic mass is 10.1. The zero-order valence-electron chi connectivity index (χ0n) is 18.4. The molecular formula is C25H25ClN4O2. The van der Waals surface area contributed by atoms with Crippen LogP contribution in [0.3, 0.4) is 0 Å². The number of benzene rings is 1. The maximum atomic E-state index is 12.8. The monoisotopic (exact) mass is 448 g/mol. The summed E-state index contributed by atoms with van der Waals surface area (Å²) < 4.78 is 3.63. The number of carbonyl (C=O) groups excluding carboxylic acids is 1. The molecule has 0 spiro atoms. The van der Waals surface area contributed by atoms with E-state index in [0.29, 0.717) is 10.7 Å². The third-order valence-corrected chi connectivity index (χ3v) is 5.63. The Bertz CT molecular complexity index is 1280. The molecule has 0 bridgehead atoms. The van der Waals surface area contributed by atoms with Crippen LogP contribution >= 0.6 is 11.6 Å². The summed E-state index contributed by atoms with van der Waals surface area (Å²) in [5, 5.41) is 12.9. The van der Waals surface area contributed by atoms with E-state index in [4.69, 9.17) is 11.6 Å². The number of carbonyl (C=O) groups is 1. The number of nitriles is 1. The summed E-state index contributed by atoms with van der Waals surface area (Å²) in [6.45, 7) is 7.24. The second kappa shape index (κ2) is 10.2. The van der Waals surface area contributed by atoms with Gasteiger partial charge in [-0.05, 0) is 55.7 Å². The summed E-state index contributed by atoms with van der Waals surface area (Å²) in [6, 6.07) is 14.1. The molecule has 3 aromatic rings. The first-order valence-corrected chi connectivity index (χ1v) is 10.8. The molecule has 1 N–H and O–H groups in total. The van der Waals surface area contributed by atoms with Crippen LogP contribution in [0.1, 0.15) is 35.9 Å². The first kappa shape index (κ1) is 23.1. The number of hydrogen-bond donors (Lipinski definition) is 1. The lowest BCUT2D eigenvalue weighted by molar-refractivity contribution is -0.112. The van der Waals surface area contributed by atoms with E-state index < -0.39 is 5.91 Å². The summed E-state index contributed by atoms with van der Waals surface area (Å²) in [6.07, 6.45) is 4.14. The van der Waals surface area contributed by atoms with E-state index in [1.54, 1.807) is 18.3 Å². The number of anilines is 1. The van der Waals surface area contributed by atoms with Gasteiger partial charge < -0.3 is 14.5 Å². The first-order chi connectivity index (χ1) is 15.3. The van der Waals surface area contributed by atoms with Gasteiger partial charge in [0.1, 0.15) is 11.6 Å². The highest BCUT2D eigenvalue weighted by atomic mass is 35.5. The van der Waals surface area contributed by atoms with Crippen molar-refractivity contribution < 1.29 is 4.79 Å². The third kappa shape index (κ3) is 5.19. The van der Waals surface area contributed by atoms with E-state index in [2.05, 4.69) is 16.8 Å². The molecule has 164 valence electrons. The zero-order valence-corrected chi connectivity index (χ0v) is 19.1. The van der Waals surface area contributed by atoms with E-state index in [0.717, 1.165) is 35.5 Å². The Balaban J connectivity index is 1.84. The van der Waals surface area contributed by atoms with Gasteiger partial charge in [-0.2, -0.15) is 5.26 Å². The fourth-order valence-electron chi connectivity index (χ4n) is 3.58. The smallest absolute Gasteiger partial charge is 0.266 e. The van der Waals surface area contributed by atoms with Crippen molar-refractivity contribution in [3.8, 4) is 6.07 Å². The molecule has 2 aromatic heterocycles. The van der Waals surface area contributed by atoms with Crippen LogP contribution in [0.4, 0.5) is 5.69 Å². The van der Waals surface area contributed by atoms with Crippen LogP contribution in [0.2, 0.25) is 5.02 Å². The number of aromatic nitrogens is 2. The van der Waals surface area contributed by atoms with E-state index in [1.165, 1.54) is 16.7 Å². The molecular weight excluding hydrogens is 424 g/mol. The summed E-state index contributed by atoms with van der Waals surface area (Å²) in [5.74, 6) is -0.532.